The molecule has 5 nitrogen and oxygen atoms in total. The highest BCUT2D eigenvalue weighted by atomic mass is 16.7. The summed E-state index contributed by atoms with van der Waals surface area (Å²) in [5, 5.41) is 17.5. The largest absolute Gasteiger partial charge is 0.508 e. The highest BCUT2D eigenvalue weighted by Crippen LogP contribution is 2.15. The minimum absolute atomic E-state index is 0.0764. The van der Waals surface area contributed by atoms with E-state index in [4.69, 9.17) is 20.0 Å². The molecule has 0 saturated heterocycles. The number of unbranched alkanes of at least 4 members (excludes halogenated alkanes) is 2. The minimum Gasteiger partial charge on any atom is -0.434 e. The van der Waals surface area contributed by atoms with Gasteiger partial charge < -0.3 is 9.47 Å². The molecule has 2 unspecified atom stereocenters. The molecule has 0 aromatic heterocycles. The van der Waals surface area contributed by atoms with Gasteiger partial charge in [-0.15, -0.1) is 0 Å². The third kappa shape index (κ3) is 11.0. The summed E-state index contributed by atoms with van der Waals surface area (Å²) < 4.78 is 10.2. The SMILES string of the molecule is CCCCC(CC#N)COC(=O)OCC(CC#N)CCCC. The maximum atomic E-state index is 11.6. The Bertz CT molecular complexity index is 337. The Balaban J connectivity index is 4.03. The van der Waals surface area contributed by atoms with Gasteiger partial charge in [-0.3, -0.25) is 0 Å². The van der Waals surface area contributed by atoms with Crippen LogP contribution < -0.4 is 0 Å². The molecule has 0 rings (SSSR count). The molecule has 0 spiro atoms. The lowest BCUT2D eigenvalue weighted by Crippen LogP contribution is -2.18. The fourth-order valence-corrected chi connectivity index (χ4v) is 2.15. The molecule has 0 amide bonds. The first-order valence-electron chi connectivity index (χ1n) is 8.21. The summed E-state index contributed by atoms with van der Waals surface area (Å²) in [5.41, 5.74) is 0. The lowest BCUT2D eigenvalue weighted by Gasteiger charge is -2.16. The number of nitriles is 2. The van der Waals surface area contributed by atoms with Gasteiger partial charge in [-0.1, -0.05) is 39.5 Å². The van der Waals surface area contributed by atoms with Crippen LogP contribution in [0.3, 0.4) is 0 Å². The van der Waals surface area contributed by atoms with Crippen molar-refractivity contribution in [3.8, 4) is 12.1 Å². The maximum absolute atomic E-state index is 11.6. The molecule has 0 aliphatic carbocycles. The van der Waals surface area contributed by atoms with Gasteiger partial charge in [-0.2, -0.15) is 10.5 Å². The summed E-state index contributed by atoms with van der Waals surface area (Å²) in [7, 11) is 0. The molecule has 0 heterocycles. The van der Waals surface area contributed by atoms with E-state index in [2.05, 4.69) is 26.0 Å². The molecule has 0 bridgehead atoms. The van der Waals surface area contributed by atoms with E-state index in [0.717, 1.165) is 38.5 Å². The van der Waals surface area contributed by atoms with Gasteiger partial charge in [-0.25, -0.2) is 4.79 Å². The van der Waals surface area contributed by atoms with E-state index in [0.29, 0.717) is 12.8 Å². The molecule has 0 saturated carbocycles. The highest BCUT2D eigenvalue weighted by molar-refractivity contribution is 5.59. The van der Waals surface area contributed by atoms with Crippen molar-refractivity contribution in [1.29, 1.82) is 10.5 Å². The Kier molecular flexibility index (Phi) is 13.1. The van der Waals surface area contributed by atoms with Gasteiger partial charge in [0.05, 0.1) is 25.4 Å². The van der Waals surface area contributed by atoms with Crippen LogP contribution in [0, 0.1) is 34.5 Å². The molecular formula is C17H28N2O3. The summed E-state index contributed by atoms with van der Waals surface area (Å²) in [6.07, 6.45) is 5.99. The van der Waals surface area contributed by atoms with Crippen molar-refractivity contribution in [3.05, 3.63) is 0 Å². The summed E-state index contributed by atoms with van der Waals surface area (Å²) in [4.78, 5) is 11.6. The Morgan fingerprint density at radius 1 is 0.909 bits per heavy atom. The van der Waals surface area contributed by atoms with Crippen molar-refractivity contribution >= 4 is 6.16 Å². The molecule has 0 N–H and O–H groups in total. The monoisotopic (exact) mass is 308 g/mol. The van der Waals surface area contributed by atoms with Gasteiger partial charge in [-0.05, 0) is 12.8 Å². The van der Waals surface area contributed by atoms with Crippen LogP contribution in [-0.4, -0.2) is 19.4 Å². The van der Waals surface area contributed by atoms with Crippen molar-refractivity contribution in [2.45, 2.75) is 65.2 Å². The van der Waals surface area contributed by atoms with Gasteiger partial charge in [0.1, 0.15) is 0 Å². The van der Waals surface area contributed by atoms with Crippen LogP contribution in [0.2, 0.25) is 0 Å². The Labute approximate surface area is 134 Å². The molecule has 0 radical (unpaired) electrons. The van der Waals surface area contributed by atoms with Crippen molar-refractivity contribution in [1.82, 2.24) is 0 Å². The van der Waals surface area contributed by atoms with Crippen LogP contribution in [0.25, 0.3) is 0 Å². The number of rotatable bonds is 12. The Hall–Kier alpha value is -1.75. The first-order chi connectivity index (χ1) is 10.7. The number of hydrogen-bond donors (Lipinski definition) is 0. The van der Waals surface area contributed by atoms with Crippen LogP contribution in [0.15, 0.2) is 0 Å². The molecular weight excluding hydrogens is 280 g/mol. The van der Waals surface area contributed by atoms with E-state index in [-0.39, 0.29) is 25.0 Å². The first kappa shape index (κ1) is 20.2. The zero-order valence-electron chi connectivity index (χ0n) is 13.8. The average molecular weight is 308 g/mol. The van der Waals surface area contributed by atoms with Crippen molar-refractivity contribution in [2.24, 2.45) is 11.8 Å². The van der Waals surface area contributed by atoms with E-state index in [1.54, 1.807) is 0 Å². The topological polar surface area (TPSA) is 83.1 Å². The summed E-state index contributed by atoms with van der Waals surface area (Å²) in [6, 6.07) is 4.24. The first-order valence-corrected chi connectivity index (χ1v) is 8.21. The van der Waals surface area contributed by atoms with Gasteiger partial charge in [0.25, 0.3) is 0 Å². The smallest absolute Gasteiger partial charge is 0.434 e. The second-order valence-electron chi connectivity index (χ2n) is 5.61. The second-order valence-corrected chi connectivity index (χ2v) is 5.61. The van der Waals surface area contributed by atoms with Crippen LogP contribution in [-0.2, 0) is 9.47 Å². The zero-order valence-corrected chi connectivity index (χ0v) is 13.8. The summed E-state index contributed by atoms with van der Waals surface area (Å²) in [6.45, 7) is 4.63. The third-order valence-electron chi connectivity index (χ3n) is 3.57. The third-order valence-corrected chi connectivity index (χ3v) is 3.57. The lowest BCUT2D eigenvalue weighted by atomic mass is 10.0. The average Bonchev–Trinajstić information content (AvgIpc) is 2.52. The second kappa shape index (κ2) is 14.2. The molecule has 0 aliphatic rings. The van der Waals surface area contributed by atoms with E-state index >= 15 is 0 Å². The highest BCUT2D eigenvalue weighted by Gasteiger charge is 2.15. The minimum atomic E-state index is -0.695. The molecule has 0 fully saturated rings. The Morgan fingerprint density at radius 2 is 1.32 bits per heavy atom. The number of nitrogens with zero attached hydrogens (tertiary/aromatic N) is 2. The quantitative estimate of drug-likeness (QED) is 0.493. The van der Waals surface area contributed by atoms with Crippen LogP contribution in [0.4, 0.5) is 4.79 Å². The van der Waals surface area contributed by atoms with Crippen molar-refractivity contribution < 1.29 is 14.3 Å². The normalized spacial score (nSPS) is 12.7. The van der Waals surface area contributed by atoms with Gasteiger partial charge in [0.2, 0.25) is 0 Å². The predicted octanol–water partition coefficient (Wildman–Crippen LogP) is 4.58. The molecule has 2 atom stereocenters. The van der Waals surface area contributed by atoms with Crippen LogP contribution in [0.5, 0.6) is 0 Å². The van der Waals surface area contributed by atoms with E-state index < -0.39 is 6.16 Å². The van der Waals surface area contributed by atoms with Crippen LogP contribution >= 0.6 is 0 Å². The summed E-state index contributed by atoms with van der Waals surface area (Å²) in [5.74, 6) is 0.153. The molecule has 124 valence electrons. The molecule has 0 aliphatic heterocycles. The fourth-order valence-electron chi connectivity index (χ4n) is 2.15. The van der Waals surface area contributed by atoms with E-state index in [9.17, 15) is 4.79 Å². The van der Waals surface area contributed by atoms with Gasteiger partial charge in [0, 0.05) is 24.7 Å². The van der Waals surface area contributed by atoms with Crippen LogP contribution in [0.1, 0.15) is 65.2 Å². The number of hydrogen-bond acceptors (Lipinski definition) is 5. The summed E-state index contributed by atoms with van der Waals surface area (Å²) >= 11 is 0. The molecule has 0 aromatic rings. The van der Waals surface area contributed by atoms with E-state index in [1.807, 2.05) is 0 Å². The molecule has 22 heavy (non-hydrogen) atoms. The number of carbonyl (C=O) groups excluding carboxylic acids is 1. The zero-order chi connectivity index (χ0) is 16.6. The predicted molar refractivity (Wildman–Crippen MR) is 83.8 cm³/mol. The standard InChI is InChI=1S/C17H28N2O3/c1-3-5-7-15(9-11-18)13-21-17(20)22-14-16(10-12-19)8-6-4-2/h15-16H,3-10,13-14H2,1-2H3. The molecule has 5 heteroatoms. The van der Waals surface area contributed by atoms with Gasteiger partial charge >= 0.3 is 6.16 Å². The van der Waals surface area contributed by atoms with Crippen molar-refractivity contribution in [2.75, 3.05) is 13.2 Å². The van der Waals surface area contributed by atoms with Crippen molar-refractivity contribution in [3.63, 3.8) is 0 Å². The number of ether oxygens (including phenoxy) is 2. The van der Waals surface area contributed by atoms with E-state index in [1.165, 1.54) is 0 Å². The molecule has 0 aromatic carbocycles. The maximum Gasteiger partial charge on any atom is 0.508 e. The fraction of sp³-hybridized carbons (Fsp3) is 0.824. The number of carbonyl (C=O) groups is 1. The lowest BCUT2D eigenvalue weighted by molar-refractivity contribution is 0.0331. The Morgan fingerprint density at radius 3 is 1.64 bits per heavy atom. The van der Waals surface area contributed by atoms with Gasteiger partial charge in [0.15, 0.2) is 0 Å².